The van der Waals surface area contributed by atoms with Crippen molar-refractivity contribution in [1.82, 2.24) is 25.9 Å². The topological polar surface area (TPSA) is 281 Å². The third-order valence-corrected chi connectivity index (χ3v) is 5.25. The molecule has 0 saturated carbocycles. The van der Waals surface area contributed by atoms with Gasteiger partial charge in [0, 0.05) is 24.9 Å². The van der Waals surface area contributed by atoms with Crippen LogP contribution in [0.25, 0.3) is 0 Å². The molecule has 38 heavy (non-hydrogen) atoms. The Bertz CT molecular complexity index is 978. The molecule has 0 aliphatic carbocycles. The number of carbonyl (C=O) groups is 5. The second kappa shape index (κ2) is 15.8. The average Bonchev–Trinajstić information content (AvgIpc) is 3.32. The molecule has 0 aromatic carbocycles. The summed E-state index contributed by atoms with van der Waals surface area (Å²) in [6.45, 7) is 3.87. The Labute approximate surface area is 219 Å². The number of amides is 3. The number of carboxylic acids is 2. The highest BCUT2D eigenvalue weighted by Gasteiger charge is 2.32. The van der Waals surface area contributed by atoms with Gasteiger partial charge in [-0.05, 0) is 25.2 Å². The van der Waals surface area contributed by atoms with Crippen molar-refractivity contribution < 1.29 is 34.2 Å². The molecule has 0 bridgehead atoms. The van der Waals surface area contributed by atoms with Crippen LogP contribution in [0.5, 0.6) is 0 Å². The molecule has 0 aliphatic rings. The summed E-state index contributed by atoms with van der Waals surface area (Å²) in [6, 6.07) is -5.16. The summed E-state index contributed by atoms with van der Waals surface area (Å²) < 4.78 is 0. The van der Waals surface area contributed by atoms with E-state index in [2.05, 4.69) is 30.9 Å². The number of aliphatic imine (C=N–C) groups is 1. The number of hydrogen-bond acceptors (Lipinski definition) is 8. The molecule has 1 rings (SSSR count). The number of imidazole rings is 1. The Morgan fingerprint density at radius 2 is 1.61 bits per heavy atom. The van der Waals surface area contributed by atoms with Gasteiger partial charge in [-0.25, -0.2) is 9.78 Å². The molecule has 0 saturated heterocycles. The summed E-state index contributed by atoms with van der Waals surface area (Å²) >= 11 is 0. The molecule has 4 atom stereocenters. The molecule has 0 spiro atoms. The van der Waals surface area contributed by atoms with Crippen molar-refractivity contribution in [3.05, 3.63) is 18.2 Å². The second-order valence-corrected chi connectivity index (χ2v) is 9.09. The molecule has 1 heterocycles. The number of aromatic amines is 1. The van der Waals surface area contributed by atoms with E-state index in [1.165, 1.54) is 12.5 Å². The highest BCUT2D eigenvalue weighted by atomic mass is 16.4. The van der Waals surface area contributed by atoms with Gasteiger partial charge in [0.15, 0.2) is 5.96 Å². The molecule has 3 amide bonds. The van der Waals surface area contributed by atoms with Crippen molar-refractivity contribution in [3.8, 4) is 0 Å². The summed E-state index contributed by atoms with van der Waals surface area (Å²) in [4.78, 5) is 71.9. The van der Waals surface area contributed by atoms with Crippen LogP contribution in [0.15, 0.2) is 17.5 Å². The zero-order chi connectivity index (χ0) is 28.8. The van der Waals surface area contributed by atoms with Crippen molar-refractivity contribution in [2.45, 2.75) is 70.1 Å². The zero-order valence-electron chi connectivity index (χ0n) is 21.3. The highest BCUT2D eigenvalue weighted by molar-refractivity contribution is 5.95. The minimum atomic E-state index is -1.63. The fourth-order valence-corrected chi connectivity index (χ4v) is 3.41. The Morgan fingerprint density at radius 1 is 1.00 bits per heavy atom. The summed E-state index contributed by atoms with van der Waals surface area (Å²) in [6.07, 6.45) is 2.41. The summed E-state index contributed by atoms with van der Waals surface area (Å²) in [5, 5.41) is 25.8. The number of H-pyrrole nitrogens is 1. The lowest BCUT2D eigenvalue weighted by molar-refractivity contribution is -0.143. The van der Waals surface area contributed by atoms with Crippen molar-refractivity contribution in [2.75, 3.05) is 6.54 Å². The molecule has 1 aromatic heterocycles. The van der Waals surface area contributed by atoms with E-state index >= 15 is 0 Å². The largest absolute Gasteiger partial charge is 0.481 e. The second-order valence-electron chi connectivity index (χ2n) is 9.09. The van der Waals surface area contributed by atoms with Gasteiger partial charge in [-0.3, -0.25) is 24.2 Å². The van der Waals surface area contributed by atoms with E-state index in [-0.39, 0.29) is 37.7 Å². The van der Waals surface area contributed by atoms with Crippen LogP contribution in [0.4, 0.5) is 0 Å². The normalized spacial score (nSPS) is 14.0. The van der Waals surface area contributed by atoms with E-state index in [4.69, 9.17) is 17.2 Å². The van der Waals surface area contributed by atoms with Crippen LogP contribution in [-0.4, -0.2) is 86.5 Å². The Balaban J connectivity index is 3.01. The molecule has 0 radical (unpaired) electrons. The quantitative estimate of drug-likeness (QED) is 0.0561. The Morgan fingerprint density at radius 3 is 2.13 bits per heavy atom. The monoisotopic (exact) mass is 539 g/mol. The number of rotatable bonds is 17. The maximum absolute atomic E-state index is 13.1. The smallest absolute Gasteiger partial charge is 0.326 e. The first-order valence-electron chi connectivity index (χ1n) is 11.9. The van der Waals surface area contributed by atoms with Crippen LogP contribution in [0.3, 0.4) is 0 Å². The number of aromatic nitrogens is 2. The summed E-state index contributed by atoms with van der Waals surface area (Å²) in [5.74, 6) is -5.36. The standard InChI is InChI=1S/C22H37N9O7/c1-11(2)6-13(23)18(34)30-15(7-12-9-26-10-28-12)19(35)31-16(8-17(32)33)20(36)29-14(21(37)38)4-3-5-27-22(24)25/h9-11,13-16H,3-8,23H2,1-2H3,(H,26,28)(H,29,36)(H,30,34)(H,31,35)(H,32,33)(H,37,38)(H4,24,25,27). The number of nitrogens with two attached hydrogens (primary N) is 3. The van der Waals surface area contributed by atoms with Gasteiger partial charge in [0.05, 0.1) is 18.8 Å². The van der Waals surface area contributed by atoms with Crippen LogP contribution in [0.2, 0.25) is 0 Å². The Kier molecular flexibility index (Phi) is 13.2. The number of carboxylic acid groups (broad SMARTS) is 2. The molecule has 12 N–H and O–H groups in total. The van der Waals surface area contributed by atoms with Gasteiger partial charge in [0.1, 0.15) is 18.1 Å². The van der Waals surface area contributed by atoms with Crippen LogP contribution < -0.4 is 33.2 Å². The third kappa shape index (κ3) is 12.2. The van der Waals surface area contributed by atoms with Gasteiger partial charge < -0.3 is 48.3 Å². The van der Waals surface area contributed by atoms with E-state index in [9.17, 15) is 34.2 Å². The molecule has 4 unspecified atom stereocenters. The van der Waals surface area contributed by atoms with Crippen molar-refractivity contribution >= 4 is 35.6 Å². The molecule has 0 aliphatic heterocycles. The molecule has 16 heteroatoms. The lowest BCUT2D eigenvalue weighted by Crippen LogP contribution is -2.58. The van der Waals surface area contributed by atoms with Crippen LogP contribution >= 0.6 is 0 Å². The van der Waals surface area contributed by atoms with Gasteiger partial charge in [-0.2, -0.15) is 0 Å². The van der Waals surface area contributed by atoms with Gasteiger partial charge in [0.2, 0.25) is 17.7 Å². The lowest BCUT2D eigenvalue weighted by atomic mass is 10.0. The average molecular weight is 540 g/mol. The predicted octanol–water partition coefficient (Wildman–Crippen LogP) is -2.61. The van der Waals surface area contributed by atoms with Crippen molar-refractivity contribution in [1.29, 1.82) is 0 Å². The fourth-order valence-electron chi connectivity index (χ4n) is 3.41. The fraction of sp³-hybridized carbons (Fsp3) is 0.591. The number of nitrogens with one attached hydrogen (secondary N) is 4. The van der Waals surface area contributed by atoms with E-state index in [0.717, 1.165) is 0 Å². The van der Waals surface area contributed by atoms with Gasteiger partial charge in [-0.1, -0.05) is 13.8 Å². The minimum absolute atomic E-state index is 0.0577. The molecule has 0 fully saturated rings. The van der Waals surface area contributed by atoms with Gasteiger partial charge >= 0.3 is 11.9 Å². The van der Waals surface area contributed by atoms with Gasteiger partial charge in [-0.15, -0.1) is 0 Å². The first kappa shape index (κ1) is 31.8. The minimum Gasteiger partial charge on any atom is -0.481 e. The number of aliphatic carboxylic acids is 2. The molecule has 16 nitrogen and oxygen atoms in total. The Hall–Kier alpha value is -4.21. The molecule has 212 valence electrons. The first-order chi connectivity index (χ1) is 17.8. The molecular formula is C22H37N9O7. The van der Waals surface area contributed by atoms with E-state index in [0.29, 0.717) is 12.1 Å². The number of nitrogens with zero attached hydrogens (tertiary/aromatic N) is 2. The number of carbonyl (C=O) groups excluding carboxylic acids is 3. The lowest BCUT2D eigenvalue weighted by Gasteiger charge is -2.24. The van der Waals surface area contributed by atoms with Crippen molar-refractivity contribution in [2.24, 2.45) is 28.1 Å². The van der Waals surface area contributed by atoms with Gasteiger partial charge in [0.25, 0.3) is 0 Å². The maximum Gasteiger partial charge on any atom is 0.326 e. The molecular weight excluding hydrogens is 502 g/mol. The van der Waals surface area contributed by atoms with E-state index < -0.39 is 60.2 Å². The number of hydrogen-bond donors (Lipinski definition) is 9. The van der Waals surface area contributed by atoms with Crippen molar-refractivity contribution in [3.63, 3.8) is 0 Å². The SMILES string of the molecule is CC(C)CC(N)C(=O)NC(Cc1cnc[nH]1)C(=O)NC(CC(=O)O)C(=O)NC(CCCN=C(N)N)C(=O)O. The van der Waals surface area contributed by atoms with Crippen LogP contribution in [-0.2, 0) is 30.4 Å². The third-order valence-electron chi connectivity index (χ3n) is 5.25. The first-order valence-corrected chi connectivity index (χ1v) is 11.9. The molecule has 1 aromatic rings. The van der Waals surface area contributed by atoms with Crippen LogP contribution in [0.1, 0.15) is 45.2 Å². The predicted molar refractivity (Wildman–Crippen MR) is 135 cm³/mol. The van der Waals surface area contributed by atoms with Crippen LogP contribution in [0, 0.1) is 5.92 Å². The zero-order valence-corrected chi connectivity index (χ0v) is 21.3. The van der Waals surface area contributed by atoms with E-state index in [1.807, 2.05) is 13.8 Å². The summed E-state index contributed by atoms with van der Waals surface area (Å²) in [7, 11) is 0. The highest BCUT2D eigenvalue weighted by Crippen LogP contribution is 2.06. The number of guanidine groups is 1. The summed E-state index contributed by atoms with van der Waals surface area (Å²) in [5.41, 5.74) is 16.9. The van der Waals surface area contributed by atoms with E-state index in [1.54, 1.807) is 0 Å². The maximum atomic E-state index is 13.1.